The van der Waals surface area contributed by atoms with Gasteiger partial charge in [0, 0.05) is 0 Å². The third-order valence-corrected chi connectivity index (χ3v) is 2.12. The Labute approximate surface area is 84.7 Å². The lowest BCUT2D eigenvalue weighted by molar-refractivity contribution is 0.562. The van der Waals surface area contributed by atoms with Gasteiger partial charge in [-0.05, 0) is 16.5 Å². The number of hydrogen-bond acceptors (Lipinski definition) is 2. The van der Waals surface area contributed by atoms with Crippen LogP contribution in [0.15, 0.2) is 29.3 Å². The van der Waals surface area contributed by atoms with Gasteiger partial charge in [0.1, 0.15) is 0 Å². The van der Waals surface area contributed by atoms with E-state index in [1.165, 1.54) is 5.56 Å². The van der Waals surface area contributed by atoms with Crippen LogP contribution in [-0.2, 0) is 16.8 Å². The predicted molar refractivity (Wildman–Crippen MR) is 57.0 cm³/mol. The molecule has 0 atom stereocenters. The monoisotopic (exact) mass is 189 g/mol. The van der Waals surface area contributed by atoms with Gasteiger partial charge in [-0.1, -0.05) is 45.0 Å². The van der Waals surface area contributed by atoms with Crippen molar-refractivity contribution in [3.05, 3.63) is 35.4 Å². The summed E-state index contributed by atoms with van der Waals surface area (Å²) < 4.78 is 0. The van der Waals surface area contributed by atoms with E-state index in [0.29, 0.717) is 6.54 Å². The molecule has 0 aliphatic heterocycles. The van der Waals surface area contributed by atoms with E-state index in [2.05, 4.69) is 37.9 Å². The zero-order chi connectivity index (χ0) is 10.6. The van der Waals surface area contributed by atoms with E-state index in [1.54, 1.807) is 6.08 Å². The van der Waals surface area contributed by atoms with E-state index in [-0.39, 0.29) is 5.41 Å². The zero-order valence-corrected chi connectivity index (χ0v) is 8.87. The van der Waals surface area contributed by atoms with Crippen LogP contribution in [0.4, 0.5) is 0 Å². The molecule has 0 N–H and O–H groups in total. The first kappa shape index (κ1) is 10.7. The summed E-state index contributed by atoms with van der Waals surface area (Å²) in [6, 6.07) is 8.14. The van der Waals surface area contributed by atoms with Crippen molar-refractivity contribution in [1.82, 2.24) is 0 Å². The Morgan fingerprint density at radius 1 is 1.36 bits per heavy atom. The maximum atomic E-state index is 9.97. The van der Waals surface area contributed by atoms with Crippen molar-refractivity contribution in [2.24, 2.45) is 4.99 Å². The molecule has 1 rings (SSSR count). The van der Waals surface area contributed by atoms with Crippen molar-refractivity contribution in [2.45, 2.75) is 32.7 Å². The summed E-state index contributed by atoms with van der Waals surface area (Å²) in [6.45, 7) is 6.91. The van der Waals surface area contributed by atoms with Gasteiger partial charge in [0.25, 0.3) is 0 Å². The molecule has 0 bridgehead atoms. The Morgan fingerprint density at radius 2 is 2.07 bits per heavy atom. The molecule has 0 aliphatic carbocycles. The fourth-order valence-electron chi connectivity index (χ4n) is 1.26. The minimum Gasteiger partial charge on any atom is -0.211 e. The first-order chi connectivity index (χ1) is 6.54. The lowest BCUT2D eigenvalue weighted by Crippen LogP contribution is -2.11. The summed E-state index contributed by atoms with van der Waals surface area (Å²) in [5.74, 6) is 0. The Morgan fingerprint density at radius 3 is 2.64 bits per heavy atom. The first-order valence-corrected chi connectivity index (χ1v) is 4.67. The highest BCUT2D eigenvalue weighted by Crippen LogP contribution is 2.22. The molecule has 0 amide bonds. The van der Waals surface area contributed by atoms with Crippen LogP contribution >= 0.6 is 0 Å². The third-order valence-electron chi connectivity index (χ3n) is 2.12. The van der Waals surface area contributed by atoms with E-state index < -0.39 is 0 Å². The molecule has 74 valence electrons. The Balaban J connectivity index is 2.95. The number of isocyanates is 1. The van der Waals surface area contributed by atoms with Crippen LogP contribution in [0.5, 0.6) is 0 Å². The quantitative estimate of drug-likeness (QED) is 0.519. The Bertz CT molecular complexity index is 357. The normalized spacial score (nSPS) is 10.8. The number of nitrogens with zero attached hydrogens (tertiary/aromatic N) is 1. The second-order valence-corrected chi connectivity index (χ2v) is 4.36. The highest BCUT2D eigenvalue weighted by Gasteiger charge is 2.13. The molecular weight excluding hydrogens is 174 g/mol. The first-order valence-electron chi connectivity index (χ1n) is 4.67. The SMILES string of the molecule is CC(C)(C)c1cccc(CN=C=O)c1. The van der Waals surface area contributed by atoms with Crippen LogP contribution in [0.2, 0.25) is 0 Å². The van der Waals surface area contributed by atoms with Crippen LogP contribution in [-0.4, -0.2) is 6.08 Å². The van der Waals surface area contributed by atoms with Gasteiger partial charge in [-0.25, -0.2) is 9.79 Å². The maximum absolute atomic E-state index is 9.97. The summed E-state index contributed by atoms with van der Waals surface area (Å²) in [6.07, 6.45) is 1.55. The molecule has 0 unspecified atom stereocenters. The van der Waals surface area contributed by atoms with E-state index in [1.807, 2.05) is 12.1 Å². The lowest BCUT2D eigenvalue weighted by Gasteiger charge is -2.19. The molecule has 1 aromatic carbocycles. The molecule has 2 nitrogen and oxygen atoms in total. The largest absolute Gasteiger partial charge is 0.235 e. The molecule has 2 heteroatoms. The fourth-order valence-corrected chi connectivity index (χ4v) is 1.26. The second-order valence-electron chi connectivity index (χ2n) is 4.36. The van der Waals surface area contributed by atoms with Gasteiger partial charge < -0.3 is 0 Å². The zero-order valence-electron chi connectivity index (χ0n) is 8.87. The number of carbonyl (C=O) groups excluding carboxylic acids is 1. The highest BCUT2D eigenvalue weighted by molar-refractivity contribution is 5.34. The van der Waals surface area contributed by atoms with E-state index >= 15 is 0 Å². The molecule has 0 heterocycles. The summed E-state index contributed by atoms with van der Waals surface area (Å²) in [5.41, 5.74) is 2.46. The lowest BCUT2D eigenvalue weighted by atomic mass is 9.86. The molecule has 0 saturated carbocycles. The summed E-state index contributed by atoms with van der Waals surface area (Å²) in [4.78, 5) is 13.5. The summed E-state index contributed by atoms with van der Waals surface area (Å²) >= 11 is 0. The molecule has 0 radical (unpaired) electrons. The van der Waals surface area contributed by atoms with Crippen molar-refractivity contribution in [3.8, 4) is 0 Å². The van der Waals surface area contributed by atoms with Gasteiger partial charge in [-0.3, -0.25) is 0 Å². The molecule has 0 fully saturated rings. The molecule has 1 aromatic rings. The van der Waals surface area contributed by atoms with Crippen molar-refractivity contribution in [2.75, 3.05) is 0 Å². The van der Waals surface area contributed by atoms with Gasteiger partial charge >= 0.3 is 0 Å². The van der Waals surface area contributed by atoms with Gasteiger partial charge in [0.2, 0.25) is 6.08 Å². The number of benzene rings is 1. The van der Waals surface area contributed by atoms with Crippen LogP contribution < -0.4 is 0 Å². The van der Waals surface area contributed by atoms with Crippen LogP contribution in [0, 0.1) is 0 Å². The minimum absolute atomic E-state index is 0.140. The molecule has 14 heavy (non-hydrogen) atoms. The average Bonchev–Trinajstić information content (AvgIpc) is 2.14. The van der Waals surface area contributed by atoms with Gasteiger partial charge in [-0.2, -0.15) is 0 Å². The second kappa shape index (κ2) is 4.21. The standard InChI is InChI=1S/C12H15NO/c1-12(2,3)11-6-4-5-10(7-11)8-13-9-14/h4-7H,8H2,1-3H3. The fraction of sp³-hybridized carbons (Fsp3) is 0.417. The Kier molecular flexibility index (Phi) is 3.21. The minimum atomic E-state index is 0.140. The topological polar surface area (TPSA) is 29.4 Å². The van der Waals surface area contributed by atoms with Crippen LogP contribution in [0.25, 0.3) is 0 Å². The van der Waals surface area contributed by atoms with Crippen LogP contribution in [0.1, 0.15) is 31.9 Å². The van der Waals surface area contributed by atoms with Crippen molar-refractivity contribution >= 4 is 6.08 Å². The average molecular weight is 189 g/mol. The summed E-state index contributed by atoms with van der Waals surface area (Å²) in [7, 11) is 0. The molecule has 0 spiro atoms. The third kappa shape index (κ3) is 2.82. The smallest absolute Gasteiger partial charge is 0.211 e. The van der Waals surface area contributed by atoms with Crippen molar-refractivity contribution in [1.29, 1.82) is 0 Å². The number of hydrogen-bond donors (Lipinski definition) is 0. The van der Waals surface area contributed by atoms with Gasteiger partial charge in [0.15, 0.2) is 0 Å². The highest BCUT2D eigenvalue weighted by atomic mass is 16.1. The van der Waals surface area contributed by atoms with Gasteiger partial charge in [0.05, 0.1) is 6.54 Å². The van der Waals surface area contributed by atoms with Crippen molar-refractivity contribution in [3.63, 3.8) is 0 Å². The molecule has 0 aliphatic rings. The summed E-state index contributed by atoms with van der Waals surface area (Å²) in [5, 5.41) is 0. The van der Waals surface area contributed by atoms with E-state index in [0.717, 1.165) is 5.56 Å². The Hall–Kier alpha value is -1.40. The maximum Gasteiger partial charge on any atom is 0.235 e. The number of rotatable bonds is 2. The van der Waals surface area contributed by atoms with Crippen LogP contribution in [0.3, 0.4) is 0 Å². The van der Waals surface area contributed by atoms with E-state index in [4.69, 9.17) is 0 Å². The predicted octanol–water partition coefficient (Wildman–Crippen LogP) is 2.82. The number of aliphatic imine (C=N–C) groups is 1. The van der Waals surface area contributed by atoms with E-state index in [9.17, 15) is 4.79 Å². The van der Waals surface area contributed by atoms with Crippen molar-refractivity contribution < 1.29 is 4.79 Å². The molecule has 0 aromatic heterocycles. The van der Waals surface area contributed by atoms with Gasteiger partial charge in [-0.15, -0.1) is 0 Å². The molecular formula is C12H15NO. The molecule has 0 saturated heterocycles.